The SMILES string of the molecule is CC/C=C\C/C=C\C/C=C\C/C=C\C/C=C\C/C=C\CCCCCCCCCCC(=O)OC(/C=C\CCCCCCCCCCCC)C(COP(=O)([O-])OCC[N+](C)(C)C)NC(=O)CCCCCCCCCCCCCCCC. The molecule has 10 heteroatoms. The highest BCUT2D eigenvalue weighted by molar-refractivity contribution is 7.45. The van der Waals surface area contributed by atoms with E-state index in [0.717, 1.165) is 109 Å². The third-order valence-corrected chi connectivity index (χ3v) is 15.3. The molecule has 9 nitrogen and oxygen atoms in total. The Morgan fingerprint density at radius 3 is 1.22 bits per heavy atom. The molecule has 3 atom stereocenters. The predicted molar refractivity (Wildman–Crippen MR) is 339 cm³/mol. The highest BCUT2D eigenvalue weighted by atomic mass is 31.2. The van der Waals surface area contributed by atoms with E-state index in [1.165, 1.54) is 148 Å². The van der Waals surface area contributed by atoms with Crippen molar-refractivity contribution in [2.45, 2.75) is 303 Å². The fourth-order valence-electron chi connectivity index (χ4n) is 9.29. The number of hydrogen-bond acceptors (Lipinski definition) is 7. The molecular formula is C69H125N2O7P. The van der Waals surface area contributed by atoms with E-state index in [4.69, 9.17) is 13.8 Å². The first-order valence-electron chi connectivity index (χ1n) is 32.9. The largest absolute Gasteiger partial charge is 0.756 e. The van der Waals surface area contributed by atoms with Gasteiger partial charge in [0.25, 0.3) is 7.82 Å². The van der Waals surface area contributed by atoms with Crippen LogP contribution < -0.4 is 10.2 Å². The third kappa shape index (κ3) is 59.6. The van der Waals surface area contributed by atoms with Gasteiger partial charge >= 0.3 is 5.97 Å². The summed E-state index contributed by atoms with van der Waals surface area (Å²) < 4.78 is 30.3. The molecule has 0 aromatic rings. The van der Waals surface area contributed by atoms with E-state index in [9.17, 15) is 19.0 Å². The third-order valence-electron chi connectivity index (χ3n) is 14.3. The molecule has 79 heavy (non-hydrogen) atoms. The highest BCUT2D eigenvalue weighted by Gasteiger charge is 2.27. The normalized spacial score (nSPS) is 14.2. The zero-order valence-corrected chi connectivity index (χ0v) is 53.2. The van der Waals surface area contributed by atoms with Crippen molar-refractivity contribution in [2.24, 2.45) is 0 Å². The van der Waals surface area contributed by atoms with E-state index >= 15 is 0 Å². The van der Waals surface area contributed by atoms with Crippen LogP contribution in [0.2, 0.25) is 0 Å². The molecule has 458 valence electrons. The first kappa shape index (κ1) is 76.2. The number of amides is 1. The summed E-state index contributed by atoms with van der Waals surface area (Å²) in [5.74, 6) is -0.546. The van der Waals surface area contributed by atoms with Gasteiger partial charge in [0.15, 0.2) is 0 Å². The van der Waals surface area contributed by atoms with Crippen LogP contribution in [0.1, 0.15) is 290 Å². The van der Waals surface area contributed by atoms with Crippen LogP contribution in [0.25, 0.3) is 0 Å². The molecule has 3 unspecified atom stereocenters. The molecule has 0 bridgehead atoms. The number of ether oxygens (including phenoxy) is 1. The summed E-state index contributed by atoms with van der Waals surface area (Å²) in [6.45, 7) is 6.74. The molecule has 1 N–H and O–H groups in total. The van der Waals surface area contributed by atoms with Gasteiger partial charge in [-0.3, -0.25) is 14.2 Å². The minimum Gasteiger partial charge on any atom is -0.756 e. The summed E-state index contributed by atoms with van der Waals surface area (Å²) in [4.78, 5) is 40.0. The van der Waals surface area contributed by atoms with Crippen molar-refractivity contribution in [1.29, 1.82) is 0 Å². The van der Waals surface area contributed by atoms with Gasteiger partial charge in [-0.2, -0.15) is 0 Å². The van der Waals surface area contributed by atoms with Gasteiger partial charge in [-0.25, -0.2) is 0 Å². The molecule has 0 fully saturated rings. The van der Waals surface area contributed by atoms with Gasteiger partial charge in [-0.15, -0.1) is 0 Å². The molecular weight excluding hydrogens is 1000 g/mol. The van der Waals surface area contributed by atoms with Crippen molar-refractivity contribution in [3.8, 4) is 0 Å². The Balaban J connectivity index is 5.11. The molecule has 0 saturated carbocycles. The van der Waals surface area contributed by atoms with Gasteiger partial charge in [0.1, 0.15) is 19.3 Å². The van der Waals surface area contributed by atoms with Crippen LogP contribution in [0.15, 0.2) is 85.1 Å². The van der Waals surface area contributed by atoms with Crippen LogP contribution in [-0.2, 0) is 27.9 Å². The Labute approximate surface area is 488 Å². The molecule has 0 spiro atoms. The van der Waals surface area contributed by atoms with E-state index < -0.39 is 26.6 Å². The van der Waals surface area contributed by atoms with Gasteiger partial charge in [0, 0.05) is 12.8 Å². The van der Waals surface area contributed by atoms with Crippen molar-refractivity contribution in [2.75, 3.05) is 40.9 Å². The van der Waals surface area contributed by atoms with Crippen LogP contribution in [0.4, 0.5) is 0 Å². The Bertz CT molecular complexity index is 1630. The molecule has 0 heterocycles. The highest BCUT2D eigenvalue weighted by Crippen LogP contribution is 2.38. The second kappa shape index (κ2) is 58.4. The maximum absolute atomic E-state index is 13.5. The smallest absolute Gasteiger partial charge is 0.306 e. The van der Waals surface area contributed by atoms with Gasteiger partial charge in [0.05, 0.1) is 33.8 Å². The molecule has 0 aliphatic rings. The zero-order valence-electron chi connectivity index (χ0n) is 52.3. The first-order valence-corrected chi connectivity index (χ1v) is 34.4. The van der Waals surface area contributed by atoms with Crippen LogP contribution in [0, 0.1) is 0 Å². The number of rotatable bonds is 59. The first-order chi connectivity index (χ1) is 38.4. The molecule has 1 amide bonds. The fourth-order valence-corrected chi connectivity index (χ4v) is 10.0. The number of esters is 1. The lowest BCUT2D eigenvalue weighted by molar-refractivity contribution is -0.870. The second-order valence-corrected chi connectivity index (χ2v) is 24.7. The number of quaternary nitrogens is 1. The number of hydrogen-bond donors (Lipinski definition) is 1. The van der Waals surface area contributed by atoms with Crippen molar-refractivity contribution in [3.63, 3.8) is 0 Å². The monoisotopic (exact) mass is 1120 g/mol. The molecule has 0 aromatic heterocycles. The van der Waals surface area contributed by atoms with E-state index in [1.807, 2.05) is 33.3 Å². The standard InChI is InChI=1S/C69H125N2O7P/c1-7-10-13-16-19-22-25-28-30-31-32-33-34-35-36-37-38-39-40-41-42-44-47-50-53-56-59-62-69(73)78-67(60-57-54-51-48-45-27-24-21-18-15-12-9-3)66(65-77-79(74,75)76-64-63-71(4,5)6)70-68(72)61-58-55-52-49-46-43-29-26-23-20-17-14-11-8-2/h10,13,19,22,28,30,32-33,35-36,38-39,57,60,66-67H,7-9,11-12,14-18,20-21,23-27,29,31,34,37,40-56,58-59,61-65H2,1-6H3,(H-,70,72,74,75)/b13-10-,22-19-,30-28-,33-32-,36-35-,39-38-,60-57-. The number of carbonyl (C=O) groups excluding carboxylic acids is 2. The molecule has 0 aliphatic carbocycles. The van der Waals surface area contributed by atoms with Gasteiger partial charge in [-0.1, -0.05) is 280 Å². The van der Waals surface area contributed by atoms with Crippen molar-refractivity contribution in [1.82, 2.24) is 5.32 Å². The number of phosphoric acid groups is 1. The number of nitrogens with one attached hydrogen (secondary N) is 1. The zero-order chi connectivity index (χ0) is 57.9. The fraction of sp³-hybridized carbons (Fsp3) is 0.768. The van der Waals surface area contributed by atoms with Crippen LogP contribution in [0.5, 0.6) is 0 Å². The molecule has 0 rings (SSSR count). The lowest BCUT2D eigenvalue weighted by atomic mass is 10.0. The summed E-state index contributed by atoms with van der Waals surface area (Å²) in [7, 11) is 1.18. The average molecular weight is 1130 g/mol. The van der Waals surface area contributed by atoms with Gasteiger partial charge in [0.2, 0.25) is 5.91 Å². The van der Waals surface area contributed by atoms with E-state index in [0.29, 0.717) is 17.4 Å². The Morgan fingerprint density at radius 1 is 0.456 bits per heavy atom. The van der Waals surface area contributed by atoms with Crippen LogP contribution in [-0.4, -0.2) is 69.4 Å². The number of unbranched alkanes of at least 4 members (excludes halogenated alkanes) is 31. The van der Waals surface area contributed by atoms with Gasteiger partial charge in [-0.05, 0) is 83.1 Å². The number of likely N-dealkylation sites (N-methyl/N-ethyl adjacent to an activating group) is 1. The average Bonchev–Trinajstić information content (AvgIpc) is 3.41. The maximum atomic E-state index is 13.5. The molecule has 0 aromatic carbocycles. The summed E-state index contributed by atoms with van der Waals surface area (Å²) >= 11 is 0. The topological polar surface area (TPSA) is 114 Å². The summed E-state index contributed by atoms with van der Waals surface area (Å²) in [5, 5.41) is 3.03. The van der Waals surface area contributed by atoms with Crippen molar-refractivity contribution >= 4 is 19.7 Å². The lowest BCUT2D eigenvalue weighted by Gasteiger charge is -2.30. The van der Waals surface area contributed by atoms with E-state index in [1.54, 1.807) is 0 Å². The number of phosphoric ester groups is 1. The molecule has 0 radical (unpaired) electrons. The lowest BCUT2D eigenvalue weighted by Crippen LogP contribution is -2.47. The minimum atomic E-state index is -4.70. The number of nitrogens with zero attached hydrogens (tertiary/aromatic N) is 1. The quantitative estimate of drug-likeness (QED) is 0.0212. The van der Waals surface area contributed by atoms with Crippen LogP contribution in [0.3, 0.4) is 0 Å². The summed E-state index contributed by atoms with van der Waals surface area (Å²) in [6.07, 6.45) is 76.9. The Morgan fingerprint density at radius 2 is 0.810 bits per heavy atom. The van der Waals surface area contributed by atoms with E-state index in [2.05, 4.69) is 99.0 Å². The van der Waals surface area contributed by atoms with Gasteiger partial charge < -0.3 is 28.5 Å². The minimum absolute atomic E-state index is 0.0251. The summed E-state index contributed by atoms with van der Waals surface area (Å²) in [5.41, 5.74) is 0. The number of allylic oxidation sites excluding steroid dienone is 13. The molecule has 0 saturated heterocycles. The maximum Gasteiger partial charge on any atom is 0.306 e. The predicted octanol–water partition coefficient (Wildman–Crippen LogP) is 19.9. The van der Waals surface area contributed by atoms with E-state index in [-0.39, 0.29) is 24.9 Å². The Hall–Kier alpha value is -2.81. The second-order valence-electron chi connectivity index (χ2n) is 23.2. The molecule has 0 aliphatic heterocycles. The van der Waals surface area contributed by atoms with Crippen molar-refractivity contribution in [3.05, 3.63) is 85.1 Å². The summed E-state index contributed by atoms with van der Waals surface area (Å²) in [6, 6.07) is -0.893. The van der Waals surface area contributed by atoms with Crippen molar-refractivity contribution < 1.29 is 37.3 Å². The van der Waals surface area contributed by atoms with Crippen LogP contribution >= 0.6 is 7.82 Å². The number of carbonyl (C=O) groups is 2. The Kier molecular flexibility index (Phi) is 56.3.